The van der Waals surface area contributed by atoms with E-state index in [0.29, 0.717) is 5.56 Å². The van der Waals surface area contributed by atoms with Gasteiger partial charge >= 0.3 is 5.97 Å². The van der Waals surface area contributed by atoms with E-state index >= 15 is 0 Å². The monoisotopic (exact) mass is 340 g/mol. The molecule has 1 unspecified atom stereocenters. The predicted molar refractivity (Wildman–Crippen MR) is 79.9 cm³/mol. The predicted octanol–water partition coefficient (Wildman–Crippen LogP) is 4.35. The maximum Gasteiger partial charge on any atom is 0.303 e. The topological polar surface area (TPSA) is 54.4 Å². The average molecular weight is 341 g/mol. The summed E-state index contributed by atoms with van der Waals surface area (Å²) in [6.45, 7) is 1.79. The van der Waals surface area contributed by atoms with Crippen molar-refractivity contribution in [3.63, 3.8) is 0 Å². The molecule has 0 radical (unpaired) electrons. The van der Waals surface area contributed by atoms with Crippen LogP contribution in [0.2, 0.25) is 0 Å². The van der Waals surface area contributed by atoms with Gasteiger partial charge in [-0.3, -0.25) is 9.59 Å². The van der Waals surface area contributed by atoms with Crippen LogP contribution in [0.15, 0.2) is 28.1 Å². The third kappa shape index (κ3) is 3.22. The van der Waals surface area contributed by atoms with E-state index in [1.165, 1.54) is 11.3 Å². The van der Waals surface area contributed by atoms with Crippen LogP contribution in [-0.4, -0.2) is 16.9 Å². The van der Waals surface area contributed by atoms with Crippen molar-refractivity contribution in [2.24, 2.45) is 5.92 Å². The number of benzene rings is 1. The number of rotatable bonds is 5. The lowest BCUT2D eigenvalue weighted by Gasteiger charge is -2.06. The molecule has 1 heterocycles. The lowest BCUT2D eigenvalue weighted by atomic mass is 9.97. The highest BCUT2D eigenvalue weighted by Crippen LogP contribution is 2.33. The van der Waals surface area contributed by atoms with Crippen LogP contribution in [0.25, 0.3) is 10.1 Å². The molecule has 1 aromatic carbocycles. The minimum Gasteiger partial charge on any atom is -0.481 e. The molecule has 0 saturated heterocycles. The second kappa shape index (κ2) is 5.84. The van der Waals surface area contributed by atoms with Gasteiger partial charge in [-0.15, -0.1) is 11.3 Å². The van der Waals surface area contributed by atoms with Crippen LogP contribution in [0, 0.1) is 5.92 Å². The number of carbonyl (C=O) groups is 2. The van der Waals surface area contributed by atoms with E-state index < -0.39 is 5.97 Å². The van der Waals surface area contributed by atoms with Crippen LogP contribution < -0.4 is 0 Å². The normalized spacial score (nSPS) is 12.5. The van der Waals surface area contributed by atoms with Gasteiger partial charge in [0.1, 0.15) is 0 Å². The molecule has 0 aliphatic heterocycles. The van der Waals surface area contributed by atoms with Gasteiger partial charge in [0.15, 0.2) is 5.78 Å². The first-order valence-electron chi connectivity index (χ1n) is 5.89. The van der Waals surface area contributed by atoms with Crippen LogP contribution in [-0.2, 0) is 4.79 Å². The molecule has 2 aromatic rings. The summed E-state index contributed by atoms with van der Waals surface area (Å²) in [7, 11) is 0. The average Bonchev–Trinajstić information content (AvgIpc) is 2.72. The maximum absolute atomic E-state index is 12.2. The van der Waals surface area contributed by atoms with Gasteiger partial charge in [0.05, 0.1) is 0 Å². The molecule has 1 atom stereocenters. The van der Waals surface area contributed by atoms with E-state index in [4.69, 9.17) is 5.11 Å². The van der Waals surface area contributed by atoms with Gasteiger partial charge < -0.3 is 5.11 Å². The van der Waals surface area contributed by atoms with Gasteiger partial charge in [0.25, 0.3) is 0 Å². The zero-order valence-corrected chi connectivity index (χ0v) is 12.8. The number of carboxylic acid groups (broad SMARTS) is 1. The summed E-state index contributed by atoms with van der Waals surface area (Å²) < 4.78 is 2.03. The molecule has 0 saturated carbocycles. The number of hydrogen-bond donors (Lipinski definition) is 1. The Labute approximate surface area is 123 Å². The maximum atomic E-state index is 12.2. The third-order valence-electron chi connectivity index (χ3n) is 2.91. The molecule has 0 spiro atoms. The Kier molecular flexibility index (Phi) is 4.37. The fourth-order valence-corrected chi connectivity index (χ4v) is 3.66. The van der Waals surface area contributed by atoms with Crippen LogP contribution >= 0.6 is 27.3 Å². The molecule has 1 N–H and O–H groups in total. The fourth-order valence-electron chi connectivity index (χ4n) is 2.03. The molecule has 19 heavy (non-hydrogen) atoms. The lowest BCUT2D eigenvalue weighted by molar-refractivity contribution is -0.137. The molecule has 2 rings (SSSR count). The van der Waals surface area contributed by atoms with Crippen molar-refractivity contribution in [3.05, 3.63) is 33.6 Å². The lowest BCUT2D eigenvalue weighted by Crippen LogP contribution is -2.10. The van der Waals surface area contributed by atoms with Crippen molar-refractivity contribution in [2.75, 3.05) is 0 Å². The van der Waals surface area contributed by atoms with E-state index in [-0.39, 0.29) is 24.5 Å². The van der Waals surface area contributed by atoms with Crippen molar-refractivity contribution < 1.29 is 14.7 Å². The van der Waals surface area contributed by atoms with Gasteiger partial charge in [-0.2, -0.15) is 0 Å². The molecule has 0 fully saturated rings. The summed E-state index contributed by atoms with van der Waals surface area (Å²) >= 11 is 4.99. The van der Waals surface area contributed by atoms with Gasteiger partial charge in [0, 0.05) is 38.3 Å². The van der Waals surface area contributed by atoms with E-state index in [0.717, 1.165) is 14.6 Å². The number of ketones is 1. The van der Waals surface area contributed by atoms with E-state index in [1.807, 2.05) is 23.6 Å². The summed E-state index contributed by atoms with van der Waals surface area (Å²) in [4.78, 5) is 22.8. The van der Waals surface area contributed by atoms with Crippen molar-refractivity contribution in [1.82, 2.24) is 0 Å². The van der Waals surface area contributed by atoms with Gasteiger partial charge in [-0.05, 0) is 27.9 Å². The summed E-state index contributed by atoms with van der Waals surface area (Å²) in [6, 6.07) is 5.77. The highest BCUT2D eigenvalue weighted by atomic mass is 79.9. The van der Waals surface area contributed by atoms with Crippen LogP contribution in [0.5, 0.6) is 0 Å². The standard InChI is InChI=1S/C14H13BrO3S/c1-8(6-13(17)18)5-12(16)10-7-19-14-9(10)3-2-4-11(14)15/h2-4,7-8H,5-6H2,1H3,(H,17,18). The van der Waals surface area contributed by atoms with Crippen molar-refractivity contribution in [3.8, 4) is 0 Å². The van der Waals surface area contributed by atoms with Gasteiger partial charge in [0.2, 0.25) is 0 Å². The fraction of sp³-hybridized carbons (Fsp3) is 0.286. The Balaban J connectivity index is 2.22. The molecule has 100 valence electrons. The Morgan fingerprint density at radius 2 is 2.11 bits per heavy atom. The van der Waals surface area contributed by atoms with Gasteiger partial charge in [-0.25, -0.2) is 0 Å². The van der Waals surface area contributed by atoms with E-state index in [1.54, 1.807) is 6.92 Å². The first kappa shape index (κ1) is 14.2. The number of hydrogen-bond acceptors (Lipinski definition) is 3. The third-order valence-corrected chi connectivity index (χ3v) is 4.86. The number of aliphatic carboxylic acids is 1. The van der Waals surface area contributed by atoms with Crippen LogP contribution in [0.4, 0.5) is 0 Å². The summed E-state index contributed by atoms with van der Waals surface area (Å²) in [5.74, 6) is -0.997. The SMILES string of the molecule is CC(CC(=O)O)CC(=O)c1csc2c(Br)cccc12. The Morgan fingerprint density at radius 3 is 2.79 bits per heavy atom. The zero-order chi connectivity index (χ0) is 14.0. The number of thiophene rings is 1. The van der Waals surface area contributed by atoms with E-state index in [2.05, 4.69) is 15.9 Å². The largest absolute Gasteiger partial charge is 0.481 e. The number of carbonyl (C=O) groups excluding carboxylic acids is 1. The quantitative estimate of drug-likeness (QED) is 0.823. The molecule has 0 aliphatic carbocycles. The Bertz CT molecular complexity index is 633. The van der Waals surface area contributed by atoms with E-state index in [9.17, 15) is 9.59 Å². The molecule has 5 heteroatoms. The van der Waals surface area contributed by atoms with Crippen LogP contribution in [0.3, 0.4) is 0 Å². The highest BCUT2D eigenvalue weighted by molar-refractivity contribution is 9.10. The Morgan fingerprint density at radius 1 is 1.37 bits per heavy atom. The molecule has 0 amide bonds. The second-order valence-electron chi connectivity index (χ2n) is 4.60. The first-order valence-corrected chi connectivity index (χ1v) is 7.57. The summed E-state index contributed by atoms with van der Waals surface area (Å²) in [5.41, 5.74) is 0.693. The molecule has 1 aromatic heterocycles. The number of fused-ring (bicyclic) bond motifs is 1. The molecule has 0 bridgehead atoms. The minimum absolute atomic E-state index is 0.0121. The number of carboxylic acids is 1. The molecular formula is C14H13BrO3S. The smallest absolute Gasteiger partial charge is 0.303 e. The van der Waals surface area contributed by atoms with Crippen molar-refractivity contribution >= 4 is 49.1 Å². The minimum atomic E-state index is -0.863. The number of halogens is 1. The zero-order valence-electron chi connectivity index (χ0n) is 10.4. The Hall–Kier alpha value is -1.20. The first-order chi connectivity index (χ1) is 8.99. The molecule has 3 nitrogen and oxygen atoms in total. The summed E-state index contributed by atoms with van der Waals surface area (Å²) in [6.07, 6.45) is 0.294. The summed E-state index contributed by atoms with van der Waals surface area (Å²) in [5, 5.41) is 11.5. The second-order valence-corrected chi connectivity index (χ2v) is 6.33. The molecular weight excluding hydrogens is 328 g/mol. The van der Waals surface area contributed by atoms with Crippen LogP contribution in [0.1, 0.15) is 30.1 Å². The number of Topliss-reactive ketones (excluding diaryl/α,β-unsaturated/α-hetero) is 1. The van der Waals surface area contributed by atoms with Crippen molar-refractivity contribution in [1.29, 1.82) is 0 Å². The van der Waals surface area contributed by atoms with Gasteiger partial charge in [-0.1, -0.05) is 19.1 Å². The highest BCUT2D eigenvalue weighted by Gasteiger charge is 2.17. The molecule has 0 aliphatic rings. The van der Waals surface area contributed by atoms with Crippen molar-refractivity contribution in [2.45, 2.75) is 19.8 Å².